The summed E-state index contributed by atoms with van der Waals surface area (Å²) < 4.78 is 24.4. The number of aromatic nitrogens is 1. The molecular formula is C16H11N2O4S2-. The molecule has 24 heavy (non-hydrogen) atoms. The van der Waals surface area contributed by atoms with Gasteiger partial charge in [0.15, 0.2) is 5.69 Å². The van der Waals surface area contributed by atoms with Crippen molar-refractivity contribution in [1.82, 2.24) is 4.98 Å². The van der Waals surface area contributed by atoms with Crippen molar-refractivity contribution in [3.8, 4) is 10.6 Å². The predicted molar refractivity (Wildman–Crippen MR) is 92.0 cm³/mol. The van der Waals surface area contributed by atoms with Crippen LogP contribution in [0.2, 0.25) is 0 Å². The van der Waals surface area contributed by atoms with Gasteiger partial charge in [0, 0.05) is 5.56 Å². The largest absolute Gasteiger partial charge is 0.755 e. The van der Waals surface area contributed by atoms with Gasteiger partial charge in [-0.05, 0) is 12.1 Å². The van der Waals surface area contributed by atoms with Crippen molar-refractivity contribution in [3.05, 3.63) is 66.4 Å². The molecule has 1 heterocycles. The summed E-state index contributed by atoms with van der Waals surface area (Å²) in [5.41, 5.74) is 0.768. The molecule has 1 atom stereocenters. The average molecular weight is 359 g/mol. The first-order chi connectivity index (χ1) is 11.6. The van der Waals surface area contributed by atoms with Crippen LogP contribution in [0.25, 0.3) is 10.6 Å². The highest BCUT2D eigenvalue weighted by Crippen LogP contribution is 2.39. The van der Waals surface area contributed by atoms with E-state index < -0.39 is 17.2 Å². The Kier molecular flexibility index (Phi) is 4.70. The number of carbonyl (C=O) groups is 1. The van der Waals surface area contributed by atoms with Crippen LogP contribution in [0, 0.1) is 0 Å². The lowest BCUT2D eigenvalue weighted by molar-refractivity contribution is 0.0692. The van der Waals surface area contributed by atoms with E-state index in [1.165, 1.54) is 0 Å². The van der Waals surface area contributed by atoms with Crippen LogP contribution >= 0.6 is 11.3 Å². The second-order valence-electron chi connectivity index (χ2n) is 4.69. The zero-order valence-electron chi connectivity index (χ0n) is 12.2. The van der Waals surface area contributed by atoms with Crippen molar-refractivity contribution < 1.29 is 18.7 Å². The van der Waals surface area contributed by atoms with E-state index in [-0.39, 0.29) is 10.7 Å². The molecule has 122 valence electrons. The van der Waals surface area contributed by atoms with Crippen molar-refractivity contribution in [1.29, 1.82) is 0 Å². The fourth-order valence-corrected chi connectivity index (χ4v) is 3.93. The number of rotatable bonds is 5. The maximum Gasteiger partial charge on any atom is 0.357 e. The summed E-state index contributed by atoms with van der Waals surface area (Å²) in [6.07, 6.45) is 0. The molecule has 8 heteroatoms. The quantitative estimate of drug-likeness (QED) is 0.704. The monoisotopic (exact) mass is 359 g/mol. The summed E-state index contributed by atoms with van der Waals surface area (Å²) in [7, 11) is 0. The summed E-state index contributed by atoms with van der Waals surface area (Å²) in [6, 6.07) is 17.3. The summed E-state index contributed by atoms with van der Waals surface area (Å²) in [4.78, 5) is 15.7. The van der Waals surface area contributed by atoms with Gasteiger partial charge in [-0.2, -0.15) is 0 Å². The molecule has 1 unspecified atom stereocenters. The minimum absolute atomic E-state index is 0.0425. The number of anilines is 2. The van der Waals surface area contributed by atoms with Crippen molar-refractivity contribution in [2.24, 2.45) is 0 Å². The smallest absolute Gasteiger partial charge is 0.357 e. The molecule has 2 aromatic carbocycles. The molecule has 3 rings (SSSR count). The molecular weight excluding hydrogens is 348 g/mol. The third-order valence-electron chi connectivity index (χ3n) is 3.16. The highest BCUT2D eigenvalue weighted by Gasteiger charge is 2.24. The van der Waals surface area contributed by atoms with Crippen LogP contribution in [0.3, 0.4) is 0 Å². The van der Waals surface area contributed by atoms with Crippen molar-refractivity contribution in [3.63, 3.8) is 0 Å². The minimum atomic E-state index is -2.68. The van der Waals surface area contributed by atoms with E-state index in [2.05, 4.69) is 4.98 Å². The topological polar surface area (TPSA) is 93.6 Å². The van der Waals surface area contributed by atoms with Crippen LogP contribution in [-0.2, 0) is 11.3 Å². The van der Waals surface area contributed by atoms with Gasteiger partial charge in [-0.15, -0.1) is 0 Å². The summed E-state index contributed by atoms with van der Waals surface area (Å²) in [5, 5.41) is 9.90. The second kappa shape index (κ2) is 6.91. The predicted octanol–water partition coefficient (Wildman–Crippen LogP) is 3.44. The van der Waals surface area contributed by atoms with Gasteiger partial charge in [0.25, 0.3) is 0 Å². The third kappa shape index (κ3) is 3.21. The number of thiazole rings is 1. The Bertz CT molecular complexity index is 882. The molecule has 3 aromatic rings. The number of hydrogen-bond acceptors (Lipinski definition) is 5. The van der Waals surface area contributed by atoms with Crippen molar-refractivity contribution >= 4 is 39.3 Å². The van der Waals surface area contributed by atoms with Gasteiger partial charge < -0.3 is 9.66 Å². The number of aromatic carboxylic acids is 1. The van der Waals surface area contributed by atoms with E-state index in [4.69, 9.17) is 0 Å². The molecule has 0 aliphatic carbocycles. The zero-order chi connectivity index (χ0) is 17.1. The van der Waals surface area contributed by atoms with Gasteiger partial charge in [0.1, 0.15) is 10.0 Å². The van der Waals surface area contributed by atoms with Gasteiger partial charge in [0.2, 0.25) is 0 Å². The van der Waals surface area contributed by atoms with E-state index in [9.17, 15) is 18.7 Å². The number of carboxylic acids is 1. The number of benzene rings is 2. The molecule has 0 aliphatic rings. The molecule has 6 nitrogen and oxygen atoms in total. The Hall–Kier alpha value is -2.55. The molecule has 0 bridgehead atoms. The molecule has 0 amide bonds. The molecule has 0 aliphatic heterocycles. The summed E-state index contributed by atoms with van der Waals surface area (Å²) in [6.45, 7) is 0. The van der Waals surface area contributed by atoms with Crippen molar-refractivity contribution in [2.75, 3.05) is 4.31 Å². The summed E-state index contributed by atoms with van der Waals surface area (Å²) in [5.74, 6) is -1.28. The van der Waals surface area contributed by atoms with E-state index in [0.717, 1.165) is 21.2 Å². The van der Waals surface area contributed by atoms with Crippen LogP contribution in [0.15, 0.2) is 60.7 Å². The van der Waals surface area contributed by atoms with Crippen LogP contribution in [0.4, 0.5) is 10.7 Å². The molecule has 1 aromatic heterocycles. The molecule has 0 radical (unpaired) electrons. The normalized spacial score (nSPS) is 11.9. The minimum Gasteiger partial charge on any atom is -0.755 e. The third-order valence-corrected chi connectivity index (χ3v) is 5.05. The van der Waals surface area contributed by atoms with Gasteiger partial charge >= 0.3 is 5.97 Å². The fraction of sp³-hybridized carbons (Fsp3) is 0. The lowest BCUT2D eigenvalue weighted by Crippen LogP contribution is -2.20. The van der Waals surface area contributed by atoms with Crippen LogP contribution < -0.4 is 4.31 Å². The molecule has 0 saturated carbocycles. The molecule has 0 spiro atoms. The van der Waals surface area contributed by atoms with Crippen LogP contribution in [0.1, 0.15) is 10.5 Å². The Morgan fingerprint density at radius 2 is 1.67 bits per heavy atom. The van der Waals surface area contributed by atoms with E-state index in [1.54, 1.807) is 54.6 Å². The fourth-order valence-electron chi connectivity index (χ4n) is 2.13. The Morgan fingerprint density at radius 3 is 2.21 bits per heavy atom. The lowest BCUT2D eigenvalue weighted by Gasteiger charge is -2.24. The maximum atomic E-state index is 11.7. The van der Waals surface area contributed by atoms with E-state index in [0.29, 0.717) is 10.7 Å². The van der Waals surface area contributed by atoms with Crippen LogP contribution in [0.5, 0.6) is 0 Å². The number of hydrogen-bond donors (Lipinski definition) is 1. The average Bonchev–Trinajstić information content (AvgIpc) is 3.01. The molecule has 0 fully saturated rings. The van der Waals surface area contributed by atoms with Crippen molar-refractivity contribution in [2.45, 2.75) is 0 Å². The van der Waals surface area contributed by atoms with Crippen LogP contribution in [-0.4, -0.2) is 24.8 Å². The first kappa shape index (κ1) is 16.3. The second-order valence-corrected chi connectivity index (χ2v) is 6.47. The number of para-hydroxylation sites is 1. The summed E-state index contributed by atoms with van der Waals surface area (Å²) >= 11 is -1.67. The van der Waals surface area contributed by atoms with E-state index >= 15 is 0 Å². The Labute approximate surface area is 144 Å². The van der Waals surface area contributed by atoms with Gasteiger partial charge in [-0.1, -0.05) is 59.9 Å². The maximum absolute atomic E-state index is 11.7. The van der Waals surface area contributed by atoms with E-state index in [1.807, 2.05) is 6.07 Å². The Balaban J connectivity index is 2.16. The van der Waals surface area contributed by atoms with Gasteiger partial charge in [0.05, 0.1) is 17.0 Å². The highest BCUT2D eigenvalue weighted by atomic mass is 32.2. The molecule has 1 N–H and O–H groups in total. The highest BCUT2D eigenvalue weighted by molar-refractivity contribution is 7.81. The zero-order valence-corrected chi connectivity index (χ0v) is 13.8. The van der Waals surface area contributed by atoms with Gasteiger partial charge in [-0.3, -0.25) is 8.51 Å². The number of nitrogens with zero attached hydrogens (tertiary/aromatic N) is 2. The standard InChI is InChI=1S/C16H12N2O4S2/c19-16(20)13-15(18(24(21)22)12-9-5-2-6-10-12)23-14(17-13)11-7-3-1-4-8-11/h1-10H,(H,19,20)(H,21,22)/p-1. The van der Waals surface area contributed by atoms with Gasteiger partial charge in [-0.25, -0.2) is 9.78 Å². The SMILES string of the molecule is O=C(O)c1nc(-c2ccccc2)sc1N(c1ccccc1)S(=O)[O-]. The first-order valence-electron chi connectivity index (χ1n) is 6.82. The Morgan fingerprint density at radius 1 is 1.08 bits per heavy atom. The number of carboxylic acid groups (broad SMARTS) is 1. The molecule has 0 saturated heterocycles. The first-order valence-corrected chi connectivity index (χ1v) is 8.67. The lowest BCUT2D eigenvalue weighted by atomic mass is 10.2.